The Morgan fingerprint density at radius 3 is 3.00 bits per heavy atom. The van der Waals surface area contributed by atoms with Gasteiger partial charge in [-0.15, -0.1) is 34.5 Å². The van der Waals surface area contributed by atoms with Crippen molar-refractivity contribution < 1.29 is 4.79 Å². The van der Waals surface area contributed by atoms with Crippen molar-refractivity contribution in [3.63, 3.8) is 0 Å². The Labute approximate surface area is 181 Å². The number of terminal acetylenes is 1. The standard InChI is InChI=1S/C22H28N4OS2/c1-6-10-23-19(27)14-28-21-25-24-20(26(21)11-7-2)18-13-15-12-16(22(3,4)5)8-9-17(15)29-18/h1,7,13,16H,2,8-12,14H2,3-5H3,(H,23,27). The van der Waals surface area contributed by atoms with Gasteiger partial charge in [0.2, 0.25) is 5.91 Å². The zero-order valence-electron chi connectivity index (χ0n) is 17.3. The van der Waals surface area contributed by atoms with Gasteiger partial charge in [0.05, 0.1) is 17.2 Å². The van der Waals surface area contributed by atoms with Crippen LogP contribution in [0, 0.1) is 23.7 Å². The summed E-state index contributed by atoms with van der Waals surface area (Å²) in [5.41, 5.74) is 1.78. The summed E-state index contributed by atoms with van der Waals surface area (Å²) in [4.78, 5) is 14.5. The Bertz CT molecular complexity index is 930. The first-order valence-corrected chi connectivity index (χ1v) is 11.6. The number of amides is 1. The molecule has 0 spiro atoms. The first kappa shape index (κ1) is 21.7. The zero-order valence-corrected chi connectivity index (χ0v) is 19.0. The van der Waals surface area contributed by atoms with Crippen molar-refractivity contribution in [3.8, 4) is 23.0 Å². The lowest BCUT2D eigenvalue weighted by molar-refractivity contribution is -0.118. The summed E-state index contributed by atoms with van der Waals surface area (Å²) in [6.45, 7) is 11.7. The van der Waals surface area contributed by atoms with Crippen LogP contribution in [0.25, 0.3) is 10.7 Å². The fourth-order valence-corrected chi connectivity index (χ4v) is 5.56. The summed E-state index contributed by atoms with van der Waals surface area (Å²) in [6, 6.07) is 2.29. The number of rotatable bonds is 7. The van der Waals surface area contributed by atoms with Gasteiger partial charge in [-0.05, 0) is 42.2 Å². The maximum absolute atomic E-state index is 11.9. The fraction of sp³-hybridized carbons (Fsp3) is 0.500. The lowest BCUT2D eigenvalue weighted by Crippen LogP contribution is -2.26. The predicted molar refractivity (Wildman–Crippen MR) is 121 cm³/mol. The van der Waals surface area contributed by atoms with Crippen molar-refractivity contribution in [2.75, 3.05) is 12.3 Å². The van der Waals surface area contributed by atoms with E-state index < -0.39 is 0 Å². The highest BCUT2D eigenvalue weighted by Crippen LogP contribution is 2.42. The first-order valence-electron chi connectivity index (χ1n) is 9.82. The molecule has 0 saturated carbocycles. The van der Waals surface area contributed by atoms with E-state index in [0.29, 0.717) is 17.9 Å². The highest BCUT2D eigenvalue weighted by Gasteiger charge is 2.30. The van der Waals surface area contributed by atoms with Gasteiger partial charge in [-0.1, -0.05) is 44.5 Å². The molecule has 1 aliphatic rings. The van der Waals surface area contributed by atoms with E-state index in [1.807, 2.05) is 22.0 Å². The van der Waals surface area contributed by atoms with Crippen molar-refractivity contribution in [3.05, 3.63) is 29.2 Å². The van der Waals surface area contributed by atoms with Crippen LogP contribution in [0.15, 0.2) is 23.9 Å². The number of aromatic nitrogens is 3. The molecule has 1 N–H and O–H groups in total. The third-order valence-corrected chi connectivity index (χ3v) is 7.48. The maximum atomic E-state index is 11.9. The molecule has 154 valence electrons. The molecule has 0 fully saturated rings. The number of aryl methyl sites for hydroxylation is 1. The number of hydrogen-bond donors (Lipinski definition) is 1. The van der Waals surface area contributed by atoms with Crippen LogP contribution in [0.3, 0.4) is 0 Å². The van der Waals surface area contributed by atoms with Gasteiger partial charge in [0, 0.05) is 11.4 Å². The molecule has 0 bridgehead atoms. The van der Waals surface area contributed by atoms with E-state index in [1.54, 1.807) is 0 Å². The minimum atomic E-state index is -0.109. The van der Waals surface area contributed by atoms with Crippen LogP contribution < -0.4 is 5.32 Å². The minimum absolute atomic E-state index is 0.109. The molecule has 1 atom stereocenters. The average Bonchev–Trinajstić information content (AvgIpc) is 3.27. The van der Waals surface area contributed by atoms with E-state index in [1.165, 1.54) is 28.6 Å². The van der Waals surface area contributed by atoms with E-state index in [0.717, 1.165) is 28.7 Å². The largest absolute Gasteiger partial charge is 0.344 e. The molecule has 5 nitrogen and oxygen atoms in total. The predicted octanol–water partition coefficient (Wildman–Crippen LogP) is 4.19. The van der Waals surface area contributed by atoms with Crippen LogP contribution in [0.4, 0.5) is 0 Å². The lowest BCUT2D eigenvalue weighted by Gasteiger charge is -2.33. The topological polar surface area (TPSA) is 59.8 Å². The quantitative estimate of drug-likeness (QED) is 0.408. The molecule has 7 heteroatoms. The smallest absolute Gasteiger partial charge is 0.231 e. The van der Waals surface area contributed by atoms with Crippen molar-refractivity contribution in [1.82, 2.24) is 20.1 Å². The van der Waals surface area contributed by atoms with E-state index >= 15 is 0 Å². The summed E-state index contributed by atoms with van der Waals surface area (Å²) < 4.78 is 2.03. The number of fused-ring (bicyclic) bond motifs is 1. The Kier molecular flexibility index (Phi) is 6.86. The van der Waals surface area contributed by atoms with Gasteiger partial charge in [0.1, 0.15) is 0 Å². The van der Waals surface area contributed by atoms with Crippen molar-refractivity contribution in [1.29, 1.82) is 0 Å². The van der Waals surface area contributed by atoms with Gasteiger partial charge in [-0.25, -0.2) is 0 Å². The number of thiophene rings is 1. The van der Waals surface area contributed by atoms with Crippen LogP contribution in [0.2, 0.25) is 0 Å². The van der Waals surface area contributed by atoms with Crippen LogP contribution in [0.5, 0.6) is 0 Å². The Balaban J connectivity index is 1.80. The van der Waals surface area contributed by atoms with Crippen LogP contribution in [-0.2, 0) is 24.2 Å². The van der Waals surface area contributed by atoms with Crippen LogP contribution in [0.1, 0.15) is 37.6 Å². The third kappa shape index (κ3) is 5.12. The average molecular weight is 429 g/mol. The molecule has 2 heterocycles. The summed E-state index contributed by atoms with van der Waals surface area (Å²) in [6.07, 6.45) is 10.5. The normalized spacial score (nSPS) is 16.1. The van der Waals surface area contributed by atoms with Crippen LogP contribution in [-0.4, -0.2) is 33.0 Å². The molecular weight excluding hydrogens is 400 g/mol. The van der Waals surface area contributed by atoms with Crippen molar-refractivity contribution >= 4 is 29.0 Å². The molecule has 3 rings (SSSR count). The van der Waals surface area contributed by atoms with Gasteiger partial charge < -0.3 is 5.32 Å². The van der Waals surface area contributed by atoms with Crippen molar-refractivity contribution in [2.24, 2.45) is 11.3 Å². The number of nitrogens with one attached hydrogen (secondary N) is 1. The Morgan fingerprint density at radius 1 is 1.52 bits per heavy atom. The summed E-state index contributed by atoms with van der Waals surface area (Å²) in [7, 11) is 0. The van der Waals surface area contributed by atoms with E-state index in [4.69, 9.17) is 6.42 Å². The number of allylic oxidation sites excluding steroid dienone is 1. The maximum Gasteiger partial charge on any atom is 0.231 e. The summed E-state index contributed by atoms with van der Waals surface area (Å²) >= 11 is 3.19. The molecule has 2 aromatic heterocycles. The molecule has 0 radical (unpaired) electrons. The SMILES string of the molecule is C#CCNC(=O)CSc1nnc(-c2cc3c(s2)CCC(C(C)(C)C)C3)n1CC=C. The molecule has 0 aliphatic heterocycles. The molecular formula is C22H28N4OS2. The van der Waals surface area contributed by atoms with Crippen molar-refractivity contribution in [2.45, 2.75) is 51.7 Å². The van der Waals surface area contributed by atoms with Gasteiger partial charge in [0.25, 0.3) is 0 Å². The monoisotopic (exact) mass is 428 g/mol. The second-order valence-corrected chi connectivity index (χ2v) is 10.4. The lowest BCUT2D eigenvalue weighted by atomic mass is 9.72. The molecule has 2 aromatic rings. The Morgan fingerprint density at radius 2 is 2.31 bits per heavy atom. The second kappa shape index (κ2) is 9.19. The highest BCUT2D eigenvalue weighted by molar-refractivity contribution is 7.99. The molecule has 1 unspecified atom stereocenters. The number of carbonyl (C=O) groups is 1. The van der Waals surface area contributed by atoms with Crippen LogP contribution >= 0.6 is 23.1 Å². The van der Waals surface area contributed by atoms with E-state index in [2.05, 4.69) is 54.9 Å². The first-order chi connectivity index (χ1) is 13.8. The summed E-state index contributed by atoms with van der Waals surface area (Å²) in [5, 5.41) is 12.2. The molecule has 1 amide bonds. The number of carbonyl (C=O) groups excluding carboxylic acids is 1. The zero-order chi connectivity index (χ0) is 21.0. The molecule has 29 heavy (non-hydrogen) atoms. The molecule has 0 aromatic carbocycles. The minimum Gasteiger partial charge on any atom is -0.344 e. The third-order valence-electron chi connectivity index (χ3n) is 5.28. The van der Waals surface area contributed by atoms with Gasteiger partial charge in [0.15, 0.2) is 11.0 Å². The highest BCUT2D eigenvalue weighted by atomic mass is 32.2. The second-order valence-electron chi connectivity index (χ2n) is 8.34. The van der Waals surface area contributed by atoms with Gasteiger partial charge in [-0.3, -0.25) is 9.36 Å². The Hall–Kier alpha value is -2.04. The van der Waals surface area contributed by atoms with E-state index in [9.17, 15) is 4.79 Å². The number of thioether (sulfide) groups is 1. The summed E-state index contributed by atoms with van der Waals surface area (Å²) in [5.74, 6) is 4.10. The van der Waals surface area contributed by atoms with Gasteiger partial charge >= 0.3 is 0 Å². The molecule has 1 aliphatic carbocycles. The number of hydrogen-bond acceptors (Lipinski definition) is 5. The van der Waals surface area contributed by atoms with E-state index in [-0.39, 0.29) is 18.2 Å². The molecule has 0 saturated heterocycles. The fourth-order valence-electron chi connectivity index (χ4n) is 3.58. The van der Waals surface area contributed by atoms with Gasteiger partial charge in [-0.2, -0.15) is 0 Å². The number of nitrogens with zero attached hydrogens (tertiary/aromatic N) is 3.